The van der Waals surface area contributed by atoms with E-state index in [1.165, 1.54) is 50.5 Å². The van der Waals surface area contributed by atoms with Gasteiger partial charge in [-0.2, -0.15) is 0 Å². The second-order valence-corrected chi connectivity index (χ2v) is 11.9. The highest BCUT2D eigenvalue weighted by Gasteiger charge is 2.51. The normalized spacial score (nSPS) is 35.2. The van der Waals surface area contributed by atoms with Crippen molar-refractivity contribution in [1.29, 1.82) is 0 Å². The molecule has 1 aromatic carbocycles. The molecular formula is C27H43N3S. The van der Waals surface area contributed by atoms with Crippen LogP contribution in [0.2, 0.25) is 0 Å². The highest BCUT2D eigenvalue weighted by atomic mass is 32.1. The largest absolute Gasteiger partial charge is 0.362 e. The van der Waals surface area contributed by atoms with E-state index in [1.54, 1.807) is 11.1 Å². The zero-order chi connectivity index (χ0) is 22.2. The minimum atomic E-state index is 0.229. The van der Waals surface area contributed by atoms with Crippen molar-refractivity contribution in [3.05, 3.63) is 34.9 Å². The van der Waals surface area contributed by atoms with Gasteiger partial charge in [0, 0.05) is 18.6 Å². The molecule has 0 radical (unpaired) electrons. The molecule has 4 heteroatoms. The van der Waals surface area contributed by atoms with Crippen LogP contribution in [-0.4, -0.2) is 23.7 Å². The van der Waals surface area contributed by atoms with Crippen LogP contribution in [0, 0.1) is 11.3 Å². The van der Waals surface area contributed by atoms with Gasteiger partial charge < -0.3 is 16.4 Å². The lowest BCUT2D eigenvalue weighted by atomic mass is 9.49. The highest BCUT2D eigenvalue weighted by molar-refractivity contribution is 7.80. The van der Waals surface area contributed by atoms with Crippen LogP contribution in [0.1, 0.15) is 102 Å². The summed E-state index contributed by atoms with van der Waals surface area (Å²) in [4.78, 5) is 0. The number of benzene rings is 1. The first-order valence-corrected chi connectivity index (χ1v) is 13.1. The Labute approximate surface area is 195 Å². The molecule has 0 amide bonds. The summed E-state index contributed by atoms with van der Waals surface area (Å²) in [6.07, 6.45) is 11.1. The van der Waals surface area contributed by atoms with E-state index in [4.69, 9.17) is 18.0 Å². The first-order valence-electron chi connectivity index (χ1n) is 12.7. The Morgan fingerprint density at radius 2 is 1.90 bits per heavy atom. The Hall–Kier alpha value is -1.13. The number of thiocarbonyl (C=S) groups is 1. The second-order valence-electron chi connectivity index (χ2n) is 11.5. The quantitative estimate of drug-likeness (QED) is 0.536. The van der Waals surface area contributed by atoms with Crippen molar-refractivity contribution in [2.75, 3.05) is 6.54 Å². The summed E-state index contributed by atoms with van der Waals surface area (Å²) in [7, 11) is 0. The van der Waals surface area contributed by atoms with E-state index in [9.17, 15) is 0 Å². The number of nitrogens with two attached hydrogens (primary N) is 1. The predicted molar refractivity (Wildman–Crippen MR) is 136 cm³/mol. The first-order chi connectivity index (χ1) is 14.7. The maximum atomic E-state index is 6.32. The molecule has 0 heterocycles. The van der Waals surface area contributed by atoms with Crippen LogP contribution >= 0.6 is 12.2 Å². The number of nitrogens with one attached hydrogen (secondary N) is 2. The third-order valence-electron chi connectivity index (χ3n) is 8.96. The zero-order valence-electron chi connectivity index (χ0n) is 20.1. The van der Waals surface area contributed by atoms with Gasteiger partial charge in [0.15, 0.2) is 5.11 Å². The van der Waals surface area contributed by atoms with Crippen LogP contribution in [0.4, 0.5) is 0 Å². The van der Waals surface area contributed by atoms with E-state index in [2.05, 4.69) is 56.5 Å². The predicted octanol–water partition coefficient (Wildman–Crippen LogP) is 5.55. The fourth-order valence-corrected chi connectivity index (χ4v) is 7.28. The van der Waals surface area contributed by atoms with E-state index in [0.717, 1.165) is 24.5 Å². The van der Waals surface area contributed by atoms with E-state index in [-0.39, 0.29) is 16.9 Å². The van der Waals surface area contributed by atoms with Crippen LogP contribution < -0.4 is 16.4 Å². The molecule has 31 heavy (non-hydrogen) atoms. The molecule has 0 saturated heterocycles. The van der Waals surface area contributed by atoms with Crippen molar-refractivity contribution in [3.8, 4) is 0 Å². The molecule has 4 rings (SSSR count). The molecule has 172 valence electrons. The topological polar surface area (TPSA) is 50.1 Å². The van der Waals surface area contributed by atoms with Crippen LogP contribution in [-0.2, 0) is 11.8 Å². The summed E-state index contributed by atoms with van der Waals surface area (Å²) in [6.45, 7) is 10.6. The number of hydrogen-bond acceptors (Lipinski definition) is 2. The van der Waals surface area contributed by atoms with Crippen LogP contribution in [0.25, 0.3) is 0 Å². The minimum absolute atomic E-state index is 0.229. The first kappa shape index (κ1) is 23.0. The fourth-order valence-electron chi connectivity index (χ4n) is 7.05. The summed E-state index contributed by atoms with van der Waals surface area (Å²) in [6, 6.07) is 7.90. The van der Waals surface area contributed by atoms with Crippen molar-refractivity contribution < 1.29 is 0 Å². The van der Waals surface area contributed by atoms with Gasteiger partial charge in [-0.3, -0.25) is 0 Å². The van der Waals surface area contributed by atoms with Gasteiger partial charge in [0.25, 0.3) is 0 Å². The summed E-state index contributed by atoms with van der Waals surface area (Å²) >= 11 is 5.70. The molecule has 1 aromatic rings. The molecule has 5 atom stereocenters. The van der Waals surface area contributed by atoms with E-state index in [0.29, 0.717) is 17.9 Å². The maximum absolute atomic E-state index is 6.32. The molecule has 0 bridgehead atoms. The van der Waals surface area contributed by atoms with E-state index >= 15 is 0 Å². The molecule has 0 unspecified atom stereocenters. The van der Waals surface area contributed by atoms with Gasteiger partial charge >= 0.3 is 0 Å². The molecular weight excluding hydrogens is 398 g/mol. The van der Waals surface area contributed by atoms with Crippen molar-refractivity contribution >= 4 is 17.3 Å². The third kappa shape index (κ3) is 4.53. The van der Waals surface area contributed by atoms with Gasteiger partial charge in [-0.05, 0) is 90.1 Å². The van der Waals surface area contributed by atoms with Gasteiger partial charge in [0.05, 0.1) is 0 Å². The summed E-state index contributed by atoms with van der Waals surface area (Å²) in [5.74, 6) is 1.29. The Kier molecular flexibility index (Phi) is 6.70. The molecule has 3 nitrogen and oxygen atoms in total. The minimum Gasteiger partial charge on any atom is -0.362 e. The summed E-state index contributed by atoms with van der Waals surface area (Å²) in [5, 5.41) is 7.96. The van der Waals surface area contributed by atoms with Gasteiger partial charge in [0.1, 0.15) is 0 Å². The van der Waals surface area contributed by atoms with Gasteiger partial charge in [-0.25, -0.2) is 0 Å². The number of rotatable bonds is 4. The molecule has 0 aromatic heterocycles. The molecule has 3 aliphatic rings. The maximum Gasteiger partial charge on any atom is 0.166 e. The van der Waals surface area contributed by atoms with Crippen molar-refractivity contribution in [3.63, 3.8) is 0 Å². The SMILES string of the molecule is CC(C)c1ccc2c(c1)CC[C@H]1[C@](C)(CNC(=S)N[C@H]3CCCC[C@@H]3N)CCC[C@]21C. The lowest BCUT2D eigenvalue weighted by Crippen LogP contribution is -2.56. The van der Waals surface area contributed by atoms with Crippen LogP contribution in [0.15, 0.2) is 18.2 Å². The Morgan fingerprint density at radius 3 is 2.65 bits per heavy atom. The molecule has 3 aliphatic carbocycles. The van der Waals surface area contributed by atoms with Crippen molar-refractivity contribution in [2.24, 2.45) is 17.1 Å². The lowest BCUT2D eigenvalue weighted by Gasteiger charge is -2.55. The lowest BCUT2D eigenvalue weighted by molar-refractivity contribution is 0.0292. The summed E-state index contributed by atoms with van der Waals surface area (Å²) in [5.41, 5.74) is 11.6. The van der Waals surface area contributed by atoms with Crippen molar-refractivity contribution in [2.45, 2.75) is 109 Å². The van der Waals surface area contributed by atoms with Crippen LogP contribution in [0.3, 0.4) is 0 Å². The zero-order valence-corrected chi connectivity index (χ0v) is 20.9. The molecule has 0 aliphatic heterocycles. The van der Waals surface area contributed by atoms with Gasteiger partial charge in [-0.15, -0.1) is 0 Å². The second kappa shape index (κ2) is 9.02. The van der Waals surface area contributed by atoms with E-state index < -0.39 is 0 Å². The fraction of sp³-hybridized carbons (Fsp3) is 0.741. The molecule has 2 fully saturated rings. The van der Waals surface area contributed by atoms with Gasteiger partial charge in [0.2, 0.25) is 0 Å². The number of hydrogen-bond donors (Lipinski definition) is 3. The Bertz CT molecular complexity index is 806. The Morgan fingerprint density at radius 1 is 1.13 bits per heavy atom. The smallest absolute Gasteiger partial charge is 0.166 e. The summed E-state index contributed by atoms with van der Waals surface area (Å²) < 4.78 is 0. The highest BCUT2D eigenvalue weighted by Crippen LogP contribution is 2.57. The average molecular weight is 442 g/mol. The Balaban J connectivity index is 1.46. The average Bonchev–Trinajstić information content (AvgIpc) is 2.73. The van der Waals surface area contributed by atoms with Crippen LogP contribution in [0.5, 0.6) is 0 Å². The standard InChI is InChI=1S/C27H43N3S/c1-18(2)19-10-12-21-20(16-19)11-13-24-26(3,14-7-15-27(21,24)4)17-29-25(31)30-23-9-6-5-8-22(23)28/h10,12,16,18,22-24H,5-9,11,13-15,17,28H2,1-4H3,(H2,29,30,31)/t22-,23-,24-,26-,27+/m0/s1. The van der Waals surface area contributed by atoms with E-state index in [1.807, 2.05) is 0 Å². The monoisotopic (exact) mass is 441 g/mol. The molecule has 2 saturated carbocycles. The number of aryl methyl sites for hydroxylation is 1. The molecule has 0 spiro atoms. The van der Waals surface area contributed by atoms with Gasteiger partial charge in [-0.1, -0.05) is 65.2 Å². The number of fused-ring (bicyclic) bond motifs is 3. The molecule has 4 N–H and O–H groups in total. The van der Waals surface area contributed by atoms with Crippen molar-refractivity contribution in [1.82, 2.24) is 10.6 Å². The third-order valence-corrected chi connectivity index (χ3v) is 9.22.